The van der Waals surface area contributed by atoms with E-state index in [4.69, 9.17) is 14.2 Å². The van der Waals surface area contributed by atoms with Gasteiger partial charge in [0.1, 0.15) is 0 Å². The van der Waals surface area contributed by atoms with Gasteiger partial charge in [0.15, 0.2) is 11.5 Å². The molecule has 7 nitrogen and oxygen atoms in total. The Morgan fingerprint density at radius 3 is 2.47 bits per heavy atom. The Hall–Kier alpha value is -3.22. The van der Waals surface area contributed by atoms with Crippen LogP contribution in [0.25, 0.3) is 11.1 Å². The zero-order valence-corrected chi connectivity index (χ0v) is 19.5. The summed E-state index contributed by atoms with van der Waals surface area (Å²) in [6.07, 6.45) is 3.32. The van der Waals surface area contributed by atoms with Crippen LogP contribution in [0.1, 0.15) is 50.3 Å². The first-order chi connectivity index (χ1) is 15.4. The summed E-state index contributed by atoms with van der Waals surface area (Å²) >= 11 is 0. The van der Waals surface area contributed by atoms with E-state index in [1.807, 2.05) is 18.2 Å². The van der Waals surface area contributed by atoms with Crippen molar-refractivity contribution < 1.29 is 19.0 Å². The summed E-state index contributed by atoms with van der Waals surface area (Å²) in [5.41, 5.74) is 3.87. The molecule has 32 heavy (non-hydrogen) atoms. The van der Waals surface area contributed by atoms with Gasteiger partial charge >= 0.3 is 0 Å². The lowest BCUT2D eigenvalue weighted by Crippen LogP contribution is -2.26. The van der Waals surface area contributed by atoms with E-state index < -0.39 is 0 Å². The van der Waals surface area contributed by atoms with Crippen molar-refractivity contribution in [1.82, 2.24) is 5.32 Å². The van der Waals surface area contributed by atoms with E-state index in [1.165, 1.54) is 6.92 Å². The fraction of sp³-hybridized carbons (Fsp3) is 0.440. The van der Waals surface area contributed by atoms with E-state index in [0.717, 1.165) is 41.6 Å². The Morgan fingerprint density at radius 1 is 1.09 bits per heavy atom. The van der Waals surface area contributed by atoms with Gasteiger partial charge in [-0.25, -0.2) is 0 Å². The zero-order valence-electron chi connectivity index (χ0n) is 19.5. The maximum absolute atomic E-state index is 13.1. The average Bonchev–Trinajstić information content (AvgIpc) is 3.02. The van der Waals surface area contributed by atoms with Crippen LogP contribution in [0.3, 0.4) is 0 Å². The van der Waals surface area contributed by atoms with Crippen molar-refractivity contribution in [2.24, 2.45) is 0 Å². The Balaban J connectivity index is 2.31. The molecule has 0 bridgehead atoms. The quantitative estimate of drug-likeness (QED) is 0.602. The van der Waals surface area contributed by atoms with Crippen molar-refractivity contribution in [3.63, 3.8) is 0 Å². The minimum atomic E-state index is -0.305. The van der Waals surface area contributed by atoms with Gasteiger partial charge in [0.2, 0.25) is 17.1 Å². The molecule has 3 rings (SSSR count). The summed E-state index contributed by atoms with van der Waals surface area (Å²) in [4.78, 5) is 25.0. The maximum Gasteiger partial charge on any atom is 0.217 e. The van der Waals surface area contributed by atoms with Crippen LogP contribution in [0.2, 0.25) is 0 Å². The molecule has 7 heteroatoms. The van der Waals surface area contributed by atoms with E-state index >= 15 is 0 Å². The van der Waals surface area contributed by atoms with Crippen molar-refractivity contribution in [2.45, 2.75) is 45.6 Å². The number of fused-ring (bicyclic) bond motifs is 3. The van der Waals surface area contributed by atoms with Crippen LogP contribution < -0.4 is 30.3 Å². The van der Waals surface area contributed by atoms with E-state index in [9.17, 15) is 9.59 Å². The first-order valence-electron chi connectivity index (χ1n) is 11.0. The molecule has 2 aromatic rings. The number of amides is 1. The monoisotopic (exact) mass is 440 g/mol. The third-order valence-corrected chi connectivity index (χ3v) is 5.76. The van der Waals surface area contributed by atoms with Crippen LogP contribution in [-0.2, 0) is 11.2 Å². The van der Waals surface area contributed by atoms with Gasteiger partial charge in [-0.05, 0) is 54.2 Å². The molecule has 1 aliphatic rings. The molecule has 0 heterocycles. The van der Waals surface area contributed by atoms with Crippen molar-refractivity contribution in [1.29, 1.82) is 0 Å². The number of anilines is 1. The number of methoxy groups -OCH3 is 3. The fourth-order valence-electron chi connectivity index (χ4n) is 4.25. The molecule has 0 saturated carbocycles. The van der Waals surface area contributed by atoms with Crippen molar-refractivity contribution in [3.05, 3.63) is 45.6 Å². The number of hydrogen-bond acceptors (Lipinski definition) is 6. The topological polar surface area (TPSA) is 85.9 Å². The van der Waals surface area contributed by atoms with Crippen molar-refractivity contribution >= 4 is 11.6 Å². The average molecular weight is 441 g/mol. The van der Waals surface area contributed by atoms with E-state index in [2.05, 4.69) is 17.6 Å². The number of aryl methyl sites for hydroxylation is 1. The van der Waals surface area contributed by atoms with E-state index in [1.54, 1.807) is 27.4 Å². The van der Waals surface area contributed by atoms with Crippen LogP contribution in [0.4, 0.5) is 5.69 Å². The third-order valence-electron chi connectivity index (χ3n) is 5.76. The Morgan fingerprint density at radius 2 is 1.84 bits per heavy atom. The molecule has 2 N–H and O–H groups in total. The van der Waals surface area contributed by atoms with Crippen LogP contribution in [0.5, 0.6) is 17.2 Å². The minimum Gasteiger partial charge on any atom is -0.493 e. The molecule has 0 fully saturated rings. The third kappa shape index (κ3) is 4.66. The van der Waals surface area contributed by atoms with Gasteiger partial charge in [0.25, 0.3) is 0 Å². The first kappa shape index (κ1) is 23.4. The smallest absolute Gasteiger partial charge is 0.217 e. The molecule has 0 aromatic heterocycles. The number of unbranched alkanes of at least 4 members (excludes halogenated alkanes) is 1. The fourth-order valence-corrected chi connectivity index (χ4v) is 4.25. The lowest BCUT2D eigenvalue weighted by atomic mass is 9.95. The molecule has 0 saturated heterocycles. The van der Waals surface area contributed by atoms with Crippen LogP contribution in [-0.4, -0.2) is 33.8 Å². The van der Waals surface area contributed by atoms with Gasteiger partial charge < -0.3 is 24.8 Å². The standard InChI is InChI=1S/C25H32N2O5/c1-6-7-12-26-20-11-9-17-18(14-21(20)29)19(27-15(2)28)10-8-16-13-22(30-3)24(31-4)25(32-5)23(16)17/h9,11,13-14,19H,6-8,10,12H2,1-5H3,(H,26,29)(H,27,28)/t19-/m0/s1. The molecule has 2 aromatic carbocycles. The highest BCUT2D eigenvalue weighted by atomic mass is 16.5. The maximum atomic E-state index is 13.1. The van der Waals surface area contributed by atoms with Crippen molar-refractivity contribution in [2.75, 3.05) is 33.2 Å². The second kappa shape index (κ2) is 10.4. The number of ether oxygens (including phenoxy) is 3. The van der Waals surface area contributed by atoms with Gasteiger partial charge in [-0.3, -0.25) is 9.59 Å². The number of rotatable bonds is 8. The Bertz CT molecular complexity index is 1050. The SMILES string of the molecule is CCCCNc1ccc2c(cc1=O)[C@@H](NC(C)=O)CCc1cc(OC)c(OC)c(OC)c1-2. The van der Waals surface area contributed by atoms with Gasteiger partial charge in [-0.2, -0.15) is 0 Å². The second-order valence-electron chi connectivity index (χ2n) is 7.88. The highest BCUT2D eigenvalue weighted by Crippen LogP contribution is 2.50. The van der Waals surface area contributed by atoms with Gasteiger partial charge in [-0.15, -0.1) is 0 Å². The number of hydrogen-bond donors (Lipinski definition) is 2. The van der Waals surface area contributed by atoms with Gasteiger partial charge in [-0.1, -0.05) is 19.4 Å². The summed E-state index contributed by atoms with van der Waals surface area (Å²) in [5.74, 6) is 1.47. The van der Waals surface area contributed by atoms with Crippen LogP contribution in [0.15, 0.2) is 29.1 Å². The molecule has 1 atom stereocenters. The number of benzene rings is 1. The summed E-state index contributed by atoms with van der Waals surface area (Å²) in [7, 11) is 4.75. The highest BCUT2D eigenvalue weighted by molar-refractivity contribution is 5.83. The lowest BCUT2D eigenvalue weighted by molar-refractivity contribution is -0.119. The molecular weight excluding hydrogens is 408 g/mol. The molecular formula is C25H32N2O5. The minimum absolute atomic E-state index is 0.111. The molecule has 0 aliphatic heterocycles. The van der Waals surface area contributed by atoms with E-state index in [0.29, 0.717) is 35.8 Å². The largest absolute Gasteiger partial charge is 0.493 e. The number of carbonyl (C=O) groups excluding carboxylic acids is 1. The number of carbonyl (C=O) groups is 1. The normalized spacial score (nSPS) is 14.5. The van der Waals surface area contributed by atoms with Crippen LogP contribution in [0, 0.1) is 0 Å². The summed E-state index contributed by atoms with van der Waals surface area (Å²) in [5, 5.41) is 6.26. The predicted octanol–water partition coefficient (Wildman–Crippen LogP) is 4.08. The van der Waals surface area contributed by atoms with Crippen molar-refractivity contribution in [3.8, 4) is 28.4 Å². The van der Waals surface area contributed by atoms with Crippen LogP contribution >= 0.6 is 0 Å². The Kier molecular flexibility index (Phi) is 7.62. The zero-order chi connectivity index (χ0) is 23.3. The van der Waals surface area contributed by atoms with Gasteiger partial charge in [0, 0.05) is 19.0 Å². The summed E-state index contributed by atoms with van der Waals surface area (Å²) < 4.78 is 16.9. The Labute approximate surface area is 189 Å². The molecule has 1 aliphatic carbocycles. The molecule has 0 unspecified atom stereocenters. The molecule has 0 radical (unpaired) electrons. The first-order valence-corrected chi connectivity index (χ1v) is 11.0. The summed E-state index contributed by atoms with van der Waals surface area (Å²) in [6, 6.07) is 7.02. The molecule has 1 amide bonds. The summed E-state index contributed by atoms with van der Waals surface area (Å²) in [6.45, 7) is 4.32. The van der Waals surface area contributed by atoms with E-state index in [-0.39, 0.29) is 17.4 Å². The lowest BCUT2D eigenvalue weighted by Gasteiger charge is -2.19. The van der Waals surface area contributed by atoms with Gasteiger partial charge in [0.05, 0.1) is 33.1 Å². The second-order valence-corrected chi connectivity index (χ2v) is 7.88. The predicted molar refractivity (Wildman–Crippen MR) is 126 cm³/mol. The number of nitrogens with one attached hydrogen (secondary N) is 2. The highest BCUT2D eigenvalue weighted by Gasteiger charge is 2.29. The molecule has 0 spiro atoms. The molecule has 172 valence electrons.